The van der Waals surface area contributed by atoms with Crippen molar-refractivity contribution < 1.29 is 4.79 Å². The predicted octanol–water partition coefficient (Wildman–Crippen LogP) is 2.69. The number of rotatable bonds is 2. The Morgan fingerprint density at radius 1 is 1.05 bits per heavy atom. The van der Waals surface area contributed by atoms with Gasteiger partial charge in [-0.3, -0.25) is 4.79 Å². The topological polar surface area (TPSA) is 46.3 Å². The lowest BCUT2D eigenvalue weighted by Gasteiger charge is -2.47. The highest BCUT2D eigenvalue weighted by Gasteiger charge is 2.46. The normalized spacial score (nSPS) is 34.1. The van der Waals surface area contributed by atoms with Gasteiger partial charge in [0, 0.05) is 19.1 Å². The van der Waals surface area contributed by atoms with E-state index in [1.807, 2.05) is 0 Å². The van der Waals surface area contributed by atoms with E-state index in [1.165, 1.54) is 51.4 Å². The van der Waals surface area contributed by atoms with Crippen LogP contribution in [0.3, 0.4) is 0 Å². The minimum Gasteiger partial charge on any atom is -0.339 e. The van der Waals surface area contributed by atoms with Crippen molar-refractivity contribution >= 4 is 5.91 Å². The Kier molecular flexibility index (Phi) is 3.84. The number of nitrogens with zero attached hydrogens (tertiary/aromatic N) is 1. The van der Waals surface area contributed by atoms with E-state index in [2.05, 4.69) is 4.90 Å². The third-order valence-corrected chi connectivity index (χ3v) is 5.91. The van der Waals surface area contributed by atoms with Crippen LogP contribution in [-0.4, -0.2) is 29.9 Å². The largest absolute Gasteiger partial charge is 0.339 e. The van der Waals surface area contributed by atoms with Gasteiger partial charge >= 0.3 is 0 Å². The van der Waals surface area contributed by atoms with Crippen LogP contribution >= 0.6 is 0 Å². The molecule has 1 saturated heterocycles. The summed E-state index contributed by atoms with van der Waals surface area (Å²) in [6.45, 7) is 1.54. The highest BCUT2D eigenvalue weighted by molar-refractivity contribution is 5.83. The first kappa shape index (κ1) is 13.4. The zero-order valence-corrected chi connectivity index (χ0v) is 12.1. The van der Waals surface area contributed by atoms with Gasteiger partial charge in [0.2, 0.25) is 5.91 Å². The first-order valence-electron chi connectivity index (χ1n) is 8.28. The SMILES string of the molecule is NCC1(C(=O)N2CCCC3CCCCC32)CCCC1. The van der Waals surface area contributed by atoms with E-state index in [9.17, 15) is 4.79 Å². The zero-order chi connectivity index (χ0) is 13.3. The molecule has 1 amide bonds. The summed E-state index contributed by atoms with van der Waals surface area (Å²) in [7, 11) is 0. The summed E-state index contributed by atoms with van der Waals surface area (Å²) < 4.78 is 0. The second-order valence-electron chi connectivity index (χ2n) is 6.94. The molecule has 2 aliphatic carbocycles. The molecule has 2 unspecified atom stereocenters. The molecule has 3 aliphatic rings. The van der Waals surface area contributed by atoms with Gasteiger partial charge in [-0.05, 0) is 44.4 Å². The molecule has 3 heteroatoms. The number of likely N-dealkylation sites (tertiary alicyclic amines) is 1. The maximum Gasteiger partial charge on any atom is 0.230 e. The predicted molar refractivity (Wildman–Crippen MR) is 76.6 cm³/mol. The second kappa shape index (κ2) is 5.43. The van der Waals surface area contributed by atoms with Gasteiger partial charge in [0.1, 0.15) is 0 Å². The highest BCUT2D eigenvalue weighted by atomic mass is 16.2. The molecule has 108 valence electrons. The van der Waals surface area contributed by atoms with E-state index in [0.717, 1.165) is 25.3 Å². The van der Waals surface area contributed by atoms with Crippen molar-refractivity contribution in [3.05, 3.63) is 0 Å². The molecule has 2 saturated carbocycles. The zero-order valence-electron chi connectivity index (χ0n) is 12.1. The van der Waals surface area contributed by atoms with Crippen molar-refractivity contribution in [3.8, 4) is 0 Å². The Balaban J connectivity index is 1.77. The summed E-state index contributed by atoms with van der Waals surface area (Å²) in [4.78, 5) is 15.3. The maximum absolute atomic E-state index is 13.1. The molecule has 1 heterocycles. The molecular formula is C16H28N2O. The van der Waals surface area contributed by atoms with Crippen LogP contribution in [0.1, 0.15) is 64.2 Å². The van der Waals surface area contributed by atoms with Gasteiger partial charge < -0.3 is 10.6 Å². The van der Waals surface area contributed by atoms with Crippen molar-refractivity contribution in [3.63, 3.8) is 0 Å². The Hall–Kier alpha value is -0.570. The number of carbonyl (C=O) groups is 1. The van der Waals surface area contributed by atoms with Crippen LogP contribution in [0.5, 0.6) is 0 Å². The molecular weight excluding hydrogens is 236 g/mol. The molecule has 0 aromatic rings. The van der Waals surface area contributed by atoms with Crippen molar-refractivity contribution in [1.82, 2.24) is 4.90 Å². The lowest BCUT2D eigenvalue weighted by atomic mass is 9.76. The molecule has 0 aromatic heterocycles. The van der Waals surface area contributed by atoms with Crippen molar-refractivity contribution in [2.24, 2.45) is 17.1 Å². The van der Waals surface area contributed by atoms with Gasteiger partial charge in [-0.25, -0.2) is 0 Å². The quantitative estimate of drug-likeness (QED) is 0.833. The average Bonchev–Trinajstić information content (AvgIpc) is 2.96. The third kappa shape index (κ3) is 2.31. The number of hydrogen-bond acceptors (Lipinski definition) is 2. The minimum atomic E-state index is -0.195. The fraction of sp³-hybridized carbons (Fsp3) is 0.938. The monoisotopic (exact) mass is 264 g/mol. The van der Waals surface area contributed by atoms with Crippen LogP contribution in [0.25, 0.3) is 0 Å². The minimum absolute atomic E-state index is 0.195. The summed E-state index contributed by atoms with van der Waals surface area (Å²) in [5, 5.41) is 0. The van der Waals surface area contributed by atoms with Crippen LogP contribution < -0.4 is 5.73 Å². The van der Waals surface area contributed by atoms with Gasteiger partial charge in [-0.15, -0.1) is 0 Å². The summed E-state index contributed by atoms with van der Waals surface area (Å²) in [5.74, 6) is 1.19. The number of nitrogens with two attached hydrogens (primary N) is 1. The van der Waals surface area contributed by atoms with E-state index < -0.39 is 0 Å². The lowest BCUT2D eigenvalue weighted by molar-refractivity contribution is -0.148. The van der Waals surface area contributed by atoms with Crippen LogP contribution in [-0.2, 0) is 4.79 Å². The van der Waals surface area contributed by atoms with Crippen molar-refractivity contribution in [1.29, 1.82) is 0 Å². The molecule has 19 heavy (non-hydrogen) atoms. The van der Waals surface area contributed by atoms with Gasteiger partial charge in [-0.1, -0.05) is 25.7 Å². The summed E-state index contributed by atoms with van der Waals surface area (Å²) in [6, 6.07) is 0.541. The molecule has 0 aromatic carbocycles. The molecule has 1 aliphatic heterocycles. The van der Waals surface area contributed by atoms with E-state index >= 15 is 0 Å². The molecule has 3 fully saturated rings. The fourth-order valence-corrected chi connectivity index (χ4v) is 4.74. The van der Waals surface area contributed by atoms with Crippen molar-refractivity contribution in [2.75, 3.05) is 13.1 Å². The van der Waals surface area contributed by atoms with Crippen LogP contribution in [0.15, 0.2) is 0 Å². The fourth-order valence-electron chi connectivity index (χ4n) is 4.74. The highest BCUT2D eigenvalue weighted by Crippen LogP contribution is 2.42. The molecule has 2 N–H and O–H groups in total. The summed E-state index contributed by atoms with van der Waals surface area (Å²) >= 11 is 0. The number of hydrogen-bond donors (Lipinski definition) is 1. The summed E-state index contributed by atoms with van der Waals surface area (Å²) in [6.07, 6.45) is 12.2. The first-order valence-corrected chi connectivity index (χ1v) is 8.28. The smallest absolute Gasteiger partial charge is 0.230 e. The third-order valence-electron chi connectivity index (χ3n) is 5.91. The average molecular weight is 264 g/mol. The first-order chi connectivity index (χ1) is 9.27. The number of amides is 1. The van der Waals surface area contributed by atoms with Gasteiger partial charge in [0.15, 0.2) is 0 Å². The lowest BCUT2D eigenvalue weighted by Crippen LogP contribution is -2.55. The number of fused-ring (bicyclic) bond motifs is 1. The van der Waals surface area contributed by atoms with E-state index in [-0.39, 0.29) is 5.41 Å². The van der Waals surface area contributed by atoms with E-state index in [1.54, 1.807) is 0 Å². The number of carbonyl (C=O) groups excluding carboxylic acids is 1. The van der Waals surface area contributed by atoms with Crippen molar-refractivity contribution in [2.45, 2.75) is 70.3 Å². The molecule has 3 rings (SSSR count). The molecule has 0 radical (unpaired) electrons. The van der Waals surface area contributed by atoms with Crippen LogP contribution in [0, 0.1) is 11.3 Å². The Morgan fingerprint density at radius 2 is 1.74 bits per heavy atom. The molecule has 0 bridgehead atoms. The number of piperidine rings is 1. The Bertz CT molecular complexity index is 334. The van der Waals surface area contributed by atoms with Gasteiger partial charge in [0.05, 0.1) is 5.41 Å². The van der Waals surface area contributed by atoms with Crippen LogP contribution in [0.2, 0.25) is 0 Å². The second-order valence-corrected chi connectivity index (χ2v) is 6.94. The van der Waals surface area contributed by atoms with E-state index in [4.69, 9.17) is 5.73 Å². The van der Waals surface area contributed by atoms with Gasteiger partial charge in [-0.2, -0.15) is 0 Å². The standard InChI is InChI=1S/C16H28N2O/c17-12-16(9-3-4-10-16)15(19)18-11-5-7-13-6-1-2-8-14(13)18/h13-14H,1-12,17H2. The maximum atomic E-state index is 13.1. The Morgan fingerprint density at radius 3 is 2.47 bits per heavy atom. The summed E-state index contributed by atoms with van der Waals surface area (Å²) in [5.41, 5.74) is 5.80. The van der Waals surface area contributed by atoms with E-state index in [0.29, 0.717) is 18.5 Å². The molecule has 0 spiro atoms. The molecule has 2 atom stereocenters. The Labute approximate surface area is 116 Å². The molecule has 3 nitrogen and oxygen atoms in total. The van der Waals surface area contributed by atoms with Gasteiger partial charge in [0.25, 0.3) is 0 Å². The van der Waals surface area contributed by atoms with Crippen LogP contribution in [0.4, 0.5) is 0 Å².